The van der Waals surface area contributed by atoms with Crippen molar-refractivity contribution >= 4 is 8.80 Å². The predicted octanol–water partition coefficient (Wildman–Crippen LogP) is 3.09. The van der Waals surface area contributed by atoms with Gasteiger partial charge in [-0.15, -0.1) is 0 Å². The summed E-state index contributed by atoms with van der Waals surface area (Å²) in [5.74, 6) is 0. The maximum atomic E-state index is 8.38. The molecule has 0 radical (unpaired) electrons. The molecular formula is C13H27NO4Si. The summed E-state index contributed by atoms with van der Waals surface area (Å²) in [6.45, 7) is 12.2. The Bertz CT molecular complexity index is 250. The molecule has 0 aliphatic carbocycles. The Morgan fingerprint density at radius 1 is 0.895 bits per heavy atom. The second kappa shape index (κ2) is 9.32. The van der Waals surface area contributed by atoms with Crippen LogP contribution in [0.3, 0.4) is 0 Å². The van der Waals surface area contributed by atoms with E-state index in [1.807, 2.05) is 41.5 Å². The summed E-state index contributed by atoms with van der Waals surface area (Å²) in [5, 5.41) is 8.38. The highest BCUT2D eigenvalue weighted by atomic mass is 28.4. The fraction of sp³-hybridized carbons (Fsp3) is 0.923. The summed E-state index contributed by atoms with van der Waals surface area (Å²) < 4.78 is 22.7. The smallest absolute Gasteiger partial charge is 0.428 e. The first-order valence-corrected chi connectivity index (χ1v) is 8.79. The Kier molecular flexibility index (Phi) is 9.02. The molecule has 0 amide bonds. The number of hydrogen-bond donors (Lipinski definition) is 0. The van der Waals surface area contributed by atoms with Crippen molar-refractivity contribution in [2.75, 3.05) is 6.61 Å². The average Bonchev–Trinajstić information content (AvgIpc) is 2.21. The van der Waals surface area contributed by atoms with Gasteiger partial charge in [0.2, 0.25) is 0 Å². The van der Waals surface area contributed by atoms with Gasteiger partial charge in [-0.2, -0.15) is 5.26 Å². The van der Waals surface area contributed by atoms with Gasteiger partial charge in [-0.25, -0.2) is 0 Å². The van der Waals surface area contributed by atoms with Crippen molar-refractivity contribution in [3.05, 3.63) is 0 Å². The Hall–Kier alpha value is -0.613. The molecule has 0 atom stereocenters. The molecule has 0 aliphatic heterocycles. The lowest BCUT2D eigenvalue weighted by molar-refractivity contribution is 0.00208. The zero-order valence-corrected chi connectivity index (χ0v) is 13.9. The molecular weight excluding hydrogens is 262 g/mol. The molecule has 112 valence electrons. The van der Waals surface area contributed by atoms with E-state index < -0.39 is 8.80 Å². The fourth-order valence-electron chi connectivity index (χ4n) is 1.74. The Morgan fingerprint density at radius 3 is 1.63 bits per heavy atom. The van der Waals surface area contributed by atoms with E-state index in [2.05, 4.69) is 0 Å². The standard InChI is InChI=1S/C13H27NO4Si/c1-11(2)16-19(17-12(3)4,18-13(5)6)9-7-8-15-10-14/h11-13H,7-9H2,1-6H3. The van der Waals surface area contributed by atoms with Crippen molar-refractivity contribution in [3.8, 4) is 6.26 Å². The van der Waals surface area contributed by atoms with Gasteiger partial charge in [0.1, 0.15) is 6.61 Å². The maximum absolute atomic E-state index is 8.38. The van der Waals surface area contributed by atoms with Crippen LogP contribution in [0, 0.1) is 11.5 Å². The third kappa shape index (κ3) is 9.00. The quantitative estimate of drug-likeness (QED) is 0.351. The lowest BCUT2D eigenvalue weighted by atomic mass is 10.5. The third-order valence-electron chi connectivity index (χ3n) is 2.04. The minimum Gasteiger partial charge on any atom is -0.428 e. The van der Waals surface area contributed by atoms with Crippen LogP contribution in [0.4, 0.5) is 0 Å². The zero-order chi connectivity index (χ0) is 14.9. The zero-order valence-electron chi connectivity index (χ0n) is 12.9. The van der Waals surface area contributed by atoms with Crippen molar-refractivity contribution in [1.29, 1.82) is 5.26 Å². The van der Waals surface area contributed by atoms with E-state index in [9.17, 15) is 0 Å². The molecule has 0 saturated heterocycles. The van der Waals surface area contributed by atoms with Crippen molar-refractivity contribution in [2.24, 2.45) is 0 Å². The predicted molar refractivity (Wildman–Crippen MR) is 75.4 cm³/mol. The highest BCUT2D eigenvalue weighted by molar-refractivity contribution is 6.60. The normalized spacial score (nSPS) is 12.2. The van der Waals surface area contributed by atoms with Crippen molar-refractivity contribution < 1.29 is 18.0 Å². The minimum atomic E-state index is -2.72. The van der Waals surface area contributed by atoms with Crippen LogP contribution in [0.5, 0.6) is 0 Å². The number of nitriles is 1. The summed E-state index contributed by atoms with van der Waals surface area (Å²) in [7, 11) is -2.72. The van der Waals surface area contributed by atoms with Crippen LogP contribution in [0.25, 0.3) is 0 Å². The van der Waals surface area contributed by atoms with Gasteiger partial charge in [0.15, 0.2) is 0 Å². The molecule has 6 heteroatoms. The highest BCUT2D eigenvalue weighted by Gasteiger charge is 2.43. The Labute approximate surface area is 118 Å². The molecule has 0 aromatic heterocycles. The molecule has 0 rings (SSSR count). The number of hydrogen-bond acceptors (Lipinski definition) is 5. The van der Waals surface area contributed by atoms with Crippen molar-refractivity contribution in [1.82, 2.24) is 0 Å². The molecule has 0 aliphatic rings. The van der Waals surface area contributed by atoms with Crippen LogP contribution in [0.1, 0.15) is 48.0 Å². The first-order chi connectivity index (χ1) is 8.81. The van der Waals surface area contributed by atoms with Gasteiger partial charge < -0.3 is 18.0 Å². The lowest BCUT2D eigenvalue weighted by Crippen LogP contribution is -2.50. The third-order valence-corrected chi connectivity index (χ3v) is 5.50. The molecule has 0 heterocycles. The number of nitrogens with zero attached hydrogens (tertiary/aromatic N) is 1. The summed E-state index contributed by atoms with van der Waals surface area (Å²) in [4.78, 5) is 0. The first kappa shape index (κ1) is 18.4. The van der Waals surface area contributed by atoms with Crippen LogP contribution in [-0.2, 0) is 18.0 Å². The lowest BCUT2D eigenvalue weighted by Gasteiger charge is -2.34. The second-order valence-corrected chi connectivity index (χ2v) is 7.80. The monoisotopic (exact) mass is 289 g/mol. The Morgan fingerprint density at radius 2 is 1.32 bits per heavy atom. The van der Waals surface area contributed by atoms with E-state index >= 15 is 0 Å². The van der Waals surface area contributed by atoms with Crippen LogP contribution in [0.2, 0.25) is 6.04 Å². The van der Waals surface area contributed by atoms with Crippen molar-refractivity contribution in [3.63, 3.8) is 0 Å². The Balaban J connectivity index is 4.73. The van der Waals surface area contributed by atoms with Gasteiger partial charge in [0, 0.05) is 24.4 Å². The molecule has 0 unspecified atom stereocenters. The molecule has 0 spiro atoms. The van der Waals surface area contributed by atoms with Gasteiger partial charge in [0.25, 0.3) is 6.26 Å². The van der Waals surface area contributed by atoms with Crippen LogP contribution in [-0.4, -0.2) is 33.7 Å². The maximum Gasteiger partial charge on any atom is 0.501 e. The second-order valence-electron chi connectivity index (χ2n) is 5.23. The molecule has 0 fully saturated rings. The SMILES string of the molecule is CC(C)O[Si](CCCOC#N)(OC(C)C)OC(C)C. The molecule has 0 aromatic carbocycles. The summed E-state index contributed by atoms with van der Waals surface area (Å²) in [6, 6.07) is 0.656. The number of rotatable bonds is 10. The van der Waals surface area contributed by atoms with Crippen LogP contribution in [0.15, 0.2) is 0 Å². The van der Waals surface area contributed by atoms with Crippen molar-refractivity contribution in [2.45, 2.75) is 72.3 Å². The molecule has 0 saturated carbocycles. The van der Waals surface area contributed by atoms with E-state index in [0.717, 1.165) is 0 Å². The molecule has 19 heavy (non-hydrogen) atoms. The summed E-state index contributed by atoms with van der Waals surface area (Å²) in [6.07, 6.45) is 2.48. The van der Waals surface area contributed by atoms with E-state index in [4.69, 9.17) is 23.3 Å². The average molecular weight is 289 g/mol. The van der Waals surface area contributed by atoms with E-state index in [-0.39, 0.29) is 18.3 Å². The summed E-state index contributed by atoms with van der Waals surface area (Å²) >= 11 is 0. The fourth-order valence-corrected chi connectivity index (χ4v) is 5.00. The topological polar surface area (TPSA) is 60.7 Å². The molecule has 0 N–H and O–H groups in total. The van der Waals surface area contributed by atoms with Gasteiger partial charge in [0.05, 0.1) is 0 Å². The van der Waals surface area contributed by atoms with E-state index in [0.29, 0.717) is 19.1 Å². The highest BCUT2D eigenvalue weighted by Crippen LogP contribution is 2.23. The van der Waals surface area contributed by atoms with E-state index in [1.54, 1.807) is 6.26 Å². The number of ether oxygens (including phenoxy) is 1. The largest absolute Gasteiger partial charge is 0.501 e. The summed E-state index contributed by atoms with van der Waals surface area (Å²) in [5.41, 5.74) is 0. The van der Waals surface area contributed by atoms with Gasteiger partial charge in [-0.05, 0) is 48.0 Å². The van der Waals surface area contributed by atoms with Gasteiger partial charge in [-0.1, -0.05) is 0 Å². The molecule has 0 bridgehead atoms. The van der Waals surface area contributed by atoms with Gasteiger partial charge >= 0.3 is 8.80 Å². The first-order valence-electron chi connectivity index (χ1n) is 6.85. The van der Waals surface area contributed by atoms with Crippen LogP contribution < -0.4 is 0 Å². The van der Waals surface area contributed by atoms with E-state index in [1.165, 1.54) is 0 Å². The minimum absolute atomic E-state index is 0.0426. The molecule has 5 nitrogen and oxygen atoms in total. The van der Waals surface area contributed by atoms with Gasteiger partial charge in [-0.3, -0.25) is 0 Å². The van der Waals surface area contributed by atoms with Crippen LogP contribution >= 0.6 is 0 Å². The molecule has 0 aromatic rings.